The summed E-state index contributed by atoms with van der Waals surface area (Å²) in [5.41, 5.74) is -1.11. The molecule has 0 radical (unpaired) electrons. The molecular formula is C19H38O4. The van der Waals surface area contributed by atoms with E-state index in [-0.39, 0.29) is 6.61 Å². The average molecular weight is 331 g/mol. The topological polar surface area (TPSA) is 73.2 Å². The molecule has 23 heavy (non-hydrogen) atoms. The van der Waals surface area contributed by atoms with E-state index in [9.17, 15) is 15.3 Å². The van der Waals surface area contributed by atoms with Crippen molar-refractivity contribution in [2.24, 2.45) is 0 Å². The number of rotatable bonds is 16. The lowest BCUT2D eigenvalue weighted by molar-refractivity contribution is -0.346. The van der Waals surface area contributed by atoms with Gasteiger partial charge in [-0.05, 0) is 6.42 Å². The van der Waals surface area contributed by atoms with Gasteiger partial charge in [0.15, 0.2) is 5.60 Å². The molecule has 1 unspecified atom stereocenters. The highest BCUT2D eigenvalue weighted by Crippen LogP contribution is 2.40. The van der Waals surface area contributed by atoms with Crippen LogP contribution in [0.1, 0.15) is 103 Å². The van der Waals surface area contributed by atoms with Crippen molar-refractivity contribution in [2.75, 3.05) is 6.61 Å². The Labute approximate surface area is 142 Å². The summed E-state index contributed by atoms with van der Waals surface area (Å²) in [4.78, 5) is 0. The first kappa shape index (κ1) is 20.9. The van der Waals surface area contributed by atoms with Crippen molar-refractivity contribution in [3.05, 3.63) is 0 Å². The average Bonchev–Trinajstić information content (AvgIpc) is 3.28. The summed E-state index contributed by atoms with van der Waals surface area (Å²) >= 11 is 0. The smallest absolute Gasteiger partial charge is 0.308 e. The number of aliphatic hydroxyl groups is 3. The molecular weight excluding hydrogens is 292 g/mol. The minimum absolute atomic E-state index is 0.245. The Morgan fingerprint density at radius 2 is 1.04 bits per heavy atom. The van der Waals surface area contributed by atoms with Gasteiger partial charge >= 0.3 is 5.97 Å². The molecule has 1 heterocycles. The molecule has 4 nitrogen and oxygen atoms in total. The molecule has 0 aromatic rings. The van der Waals surface area contributed by atoms with Crippen molar-refractivity contribution in [2.45, 2.75) is 115 Å². The van der Waals surface area contributed by atoms with Crippen molar-refractivity contribution in [3.63, 3.8) is 0 Å². The van der Waals surface area contributed by atoms with Crippen LogP contribution in [0.4, 0.5) is 0 Å². The fourth-order valence-electron chi connectivity index (χ4n) is 3.20. The second-order valence-electron chi connectivity index (χ2n) is 7.26. The summed E-state index contributed by atoms with van der Waals surface area (Å²) in [5.74, 6) is -2.68. The van der Waals surface area contributed by atoms with E-state index in [1.165, 1.54) is 77.0 Å². The lowest BCUT2D eigenvalue weighted by Crippen LogP contribution is -2.45. The number of ether oxygens (including phenoxy) is 1. The van der Waals surface area contributed by atoms with Gasteiger partial charge in [0.25, 0.3) is 0 Å². The van der Waals surface area contributed by atoms with Crippen LogP contribution >= 0.6 is 0 Å². The predicted octanol–water partition coefficient (Wildman–Crippen LogP) is 4.26. The molecule has 0 aliphatic carbocycles. The number of epoxide rings is 1. The molecule has 3 N–H and O–H groups in total. The first-order chi connectivity index (χ1) is 11.0. The van der Waals surface area contributed by atoms with Gasteiger partial charge in [-0.2, -0.15) is 0 Å². The predicted molar refractivity (Wildman–Crippen MR) is 93.0 cm³/mol. The Bertz CT molecular complexity index is 282. The van der Waals surface area contributed by atoms with Crippen LogP contribution in [0.25, 0.3) is 0 Å². The van der Waals surface area contributed by atoms with Crippen LogP contribution in [0.15, 0.2) is 0 Å². The maximum absolute atomic E-state index is 9.20. The molecule has 1 fully saturated rings. The molecule has 0 amide bonds. The minimum atomic E-state index is -2.68. The van der Waals surface area contributed by atoms with Crippen molar-refractivity contribution in [1.82, 2.24) is 0 Å². The van der Waals surface area contributed by atoms with Gasteiger partial charge in [0, 0.05) is 0 Å². The van der Waals surface area contributed by atoms with Crippen molar-refractivity contribution < 1.29 is 20.1 Å². The maximum atomic E-state index is 9.20. The highest BCUT2D eigenvalue weighted by Gasteiger charge is 2.60. The van der Waals surface area contributed by atoms with Gasteiger partial charge in [-0.15, -0.1) is 0 Å². The van der Waals surface area contributed by atoms with Crippen LogP contribution in [0.5, 0.6) is 0 Å². The molecule has 4 heteroatoms. The molecule has 1 aliphatic heterocycles. The Hall–Kier alpha value is -0.160. The van der Waals surface area contributed by atoms with Crippen molar-refractivity contribution in [1.29, 1.82) is 0 Å². The van der Waals surface area contributed by atoms with Gasteiger partial charge in [0.05, 0.1) is 6.61 Å². The van der Waals surface area contributed by atoms with Gasteiger partial charge in [-0.3, -0.25) is 0 Å². The summed E-state index contributed by atoms with van der Waals surface area (Å²) in [5, 5.41) is 27.6. The number of unbranched alkanes of at least 4 members (excludes halogenated alkanes) is 13. The summed E-state index contributed by atoms with van der Waals surface area (Å²) < 4.78 is 5.02. The Morgan fingerprint density at radius 1 is 0.696 bits per heavy atom. The molecule has 138 valence electrons. The largest absolute Gasteiger partial charge is 0.361 e. The highest BCUT2D eigenvalue weighted by molar-refractivity contribution is 4.97. The third-order valence-electron chi connectivity index (χ3n) is 5.04. The van der Waals surface area contributed by atoms with Crippen molar-refractivity contribution >= 4 is 0 Å². The third kappa shape index (κ3) is 9.04. The summed E-state index contributed by atoms with van der Waals surface area (Å²) in [6.45, 7) is 2.51. The van der Waals surface area contributed by atoms with E-state index in [0.29, 0.717) is 6.42 Å². The quantitative estimate of drug-likeness (QED) is 0.225. The van der Waals surface area contributed by atoms with Crippen LogP contribution < -0.4 is 0 Å². The molecule has 1 saturated heterocycles. The van der Waals surface area contributed by atoms with Crippen LogP contribution in [0.3, 0.4) is 0 Å². The van der Waals surface area contributed by atoms with E-state index < -0.39 is 11.6 Å². The number of hydrogen-bond donors (Lipinski definition) is 3. The van der Waals surface area contributed by atoms with Gasteiger partial charge in [0.2, 0.25) is 0 Å². The normalized spacial score (nSPS) is 20.9. The second-order valence-corrected chi connectivity index (χ2v) is 7.26. The van der Waals surface area contributed by atoms with E-state index in [1.54, 1.807) is 0 Å². The Balaban J connectivity index is 1.77. The van der Waals surface area contributed by atoms with Crippen LogP contribution in [-0.4, -0.2) is 33.5 Å². The summed E-state index contributed by atoms with van der Waals surface area (Å²) in [7, 11) is 0. The van der Waals surface area contributed by atoms with Crippen LogP contribution in [0.2, 0.25) is 0 Å². The number of hydrogen-bond acceptors (Lipinski definition) is 4. The van der Waals surface area contributed by atoms with Crippen LogP contribution in [-0.2, 0) is 4.74 Å². The van der Waals surface area contributed by atoms with Gasteiger partial charge in [-0.1, -0.05) is 96.8 Å². The molecule has 1 aliphatic rings. The fourth-order valence-corrected chi connectivity index (χ4v) is 3.20. The maximum Gasteiger partial charge on any atom is 0.308 e. The SMILES string of the molecule is CCCCCCCCCCCCCCCCC1(C(O)(O)O)CO1. The molecule has 0 spiro atoms. The Kier molecular flexibility index (Phi) is 10.4. The van der Waals surface area contributed by atoms with E-state index >= 15 is 0 Å². The first-order valence-electron chi connectivity index (χ1n) is 9.83. The monoisotopic (exact) mass is 330 g/mol. The fraction of sp³-hybridized carbons (Fsp3) is 1.00. The molecule has 0 saturated carbocycles. The van der Waals surface area contributed by atoms with Gasteiger partial charge in [-0.25, -0.2) is 0 Å². The van der Waals surface area contributed by atoms with Crippen LogP contribution in [0, 0.1) is 0 Å². The van der Waals surface area contributed by atoms with Crippen molar-refractivity contribution in [3.8, 4) is 0 Å². The molecule has 1 atom stereocenters. The molecule has 1 rings (SSSR count). The summed E-state index contributed by atoms with van der Waals surface area (Å²) in [6.07, 6.45) is 18.7. The molecule has 0 aromatic heterocycles. The van der Waals surface area contributed by atoms with Gasteiger partial charge in [0.1, 0.15) is 0 Å². The van der Waals surface area contributed by atoms with E-state index in [1.807, 2.05) is 0 Å². The van der Waals surface area contributed by atoms with E-state index in [0.717, 1.165) is 12.8 Å². The minimum Gasteiger partial charge on any atom is -0.361 e. The standard InChI is InChI=1S/C19H38O4/c1-2-3-4-5-6-7-8-9-10-11-12-13-14-15-16-18(17-23-18)19(20,21)22/h20-22H,2-17H2,1H3. The Morgan fingerprint density at radius 3 is 1.35 bits per heavy atom. The lowest BCUT2D eigenvalue weighted by Gasteiger charge is -2.22. The third-order valence-corrected chi connectivity index (χ3v) is 5.04. The zero-order valence-corrected chi connectivity index (χ0v) is 15.1. The molecule has 0 bridgehead atoms. The molecule has 0 aromatic carbocycles. The highest BCUT2D eigenvalue weighted by atomic mass is 16.7. The summed E-state index contributed by atoms with van der Waals surface area (Å²) in [6, 6.07) is 0. The lowest BCUT2D eigenvalue weighted by atomic mass is 9.98. The van der Waals surface area contributed by atoms with E-state index in [4.69, 9.17) is 4.74 Å². The first-order valence-corrected chi connectivity index (χ1v) is 9.83. The zero-order valence-electron chi connectivity index (χ0n) is 15.1. The van der Waals surface area contributed by atoms with Gasteiger partial charge < -0.3 is 20.1 Å². The zero-order chi connectivity index (χ0) is 17.0. The van der Waals surface area contributed by atoms with E-state index in [2.05, 4.69) is 6.92 Å². The second kappa shape index (κ2) is 11.4.